The molecule has 0 saturated heterocycles. The molecule has 0 aliphatic heterocycles. The van der Waals surface area contributed by atoms with Gasteiger partial charge < -0.3 is 15.5 Å². The van der Waals surface area contributed by atoms with Crippen LogP contribution in [-0.4, -0.2) is 22.7 Å². The van der Waals surface area contributed by atoms with Gasteiger partial charge in [-0.15, -0.1) is 0 Å². The Kier molecular flexibility index (Phi) is 5.36. The van der Waals surface area contributed by atoms with E-state index < -0.39 is 16.9 Å². The number of aromatic hydroxyl groups is 2. The van der Waals surface area contributed by atoms with Gasteiger partial charge in [-0.2, -0.15) is 0 Å². The Hall–Kier alpha value is -2.82. The van der Waals surface area contributed by atoms with E-state index in [4.69, 9.17) is 0 Å². The fourth-order valence-corrected chi connectivity index (χ4v) is 2.27. The lowest BCUT2D eigenvalue weighted by molar-refractivity contribution is 0.0952. The van der Waals surface area contributed by atoms with Crippen LogP contribution in [0, 0.1) is 6.92 Å². The third kappa shape index (κ3) is 4.32. The fourth-order valence-electron chi connectivity index (χ4n) is 2.27. The van der Waals surface area contributed by atoms with Gasteiger partial charge >= 0.3 is 0 Å². The molecule has 0 heterocycles. The summed E-state index contributed by atoms with van der Waals surface area (Å²) in [4.78, 5) is 23.7. The first-order valence-corrected chi connectivity index (χ1v) is 7.38. The van der Waals surface area contributed by atoms with Crippen LogP contribution in [0.15, 0.2) is 47.3 Å². The zero-order chi connectivity index (χ0) is 16.8. The molecule has 0 atom stereocenters. The van der Waals surface area contributed by atoms with Crippen molar-refractivity contribution in [3.8, 4) is 11.5 Å². The molecule has 0 aromatic heterocycles. The van der Waals surface area contributed by atoms with Crippen molar-refractivity contribution in [3.63, 3.8) is 0 Å². The molecule has 5 nitrogen and oxygen atoms in total. The van der Waals surface area contributed by atoms with Gasteiger partial charge in [0.1, 0.15) is 0 Å². The third-order valence-corrected chi connectivity index (χ3v) is 3.54. The standard InChI is InChI=1S/C18H19NO4/c1-12-10-15(20)17(22)16(21)11-14(12)18(23)19-9-5-8-13-6-3-2-4-7-13/h2-4,6-7,10-11H,5,8-9H2,1H3,(H,19,23)(H2,20,21,22). The number of hydrogen-bond donors (Lipinski definition) is 3. The molecule has 0 saturated carbocycles. The number of rotatable bonds is 5. The molecule has 0 aliphatic carbocycles. The number of aryl methyl sites for hydroxylation is 2. The maximum Gasteiger partial charge on any atom is 0.251 e. The first-order chi connectivity index (χ1) is 11.0. The van der Waals surface area contributed by atoms with Crippen molar-refractivity contribution in [1.82, 2.24) is 5.32 Å². The second-order valence-electron chi connectivity index (χ2n) is 5.33. The number of carbonyl (C=O) groups excluding carboxylic acids is 1. The number of carbonyl (C=O) groups is 1. The highest BCUT2D eigenvalue weighted by molar-refractivity contribution is 5.95. The van der Waals surface area contributed by atoms with Crippen LogP contribution in [-0.2, 0) is 6.42 Å². The van der Waals surface area contributed by atoms with E-state index >= 15 is 0 Å². The van der Waals surface area contributed by atoms with Crippen molar-refractivity contribution in [2.45, 2.75) is 19.8 Å². The molecule has 0 unspecified atom stereocenters. The number of hydrogen-bond acceptors (Lipinski definition) is 4. The molecule has 0 spiro atoms. The maximum absolute atomic E-state index is 12.2. The van der Waals surface area contributed by atoms with Crippen LogP contribution in [0.4, 0.5) is 0 Å². The lowest BCUT2D eigenvalue weighted by Crippen LogP contribution is -2.25. The van der Waals surface area contributed by atoms with Gasteiger partial charge in [0, 0.05) is 12.1 Å². The van der Waals surface area contributed by atoms with Crippen molar-refractivity contribution in [3.05, 3.63) is 69.4 Å². The van der Waals surface area contributed by atoms with Gasteiger partial charge in [-0.05, 0) is 43.0 Å². The summed E-state index contributed by atoms with van der Waals surface area (Å²) in [5.74, 6) is -1.74. The first-order valence-electron chi connectivity index (χ1n) is 7.38. The van der Waals surface area contributed by atoms with E-state index in [0.717, 1.165) is 25.0 Å². The first kappa shape index (κ1) is 16.5. The van der Waals surface area contributed by atoms with Crippen LogP contribution < -0.4 is 10.7 Å². The van der Waals surface area contributed by atoms with Crippen LogP contribution in [0.2, 0.25) is 0 Å². The van der Waals surface area contributed by atoms with E-state index in [2.05, 4.69) is 5.32 Å². The Balaban J connectivity index is 2.00. The molecule has 0 bridgehead atoms. The second-order valence-corrected chi connectivity index (χ2v) is 5.33. The van der Waals surface area contributed by atoms with E-state index in [9.17, 15) is 19.8 Å². The Morgan fingerprint density at radius 1 is 1.13 bits per heavy atom. The van der Waals surface area contributed by atoms with Gasteiger partial charge in [0.15, 0.2) is 5.75 Å². The minimum Gasteiger partial charge on any atom is -0.504 e. The minimum atomic E-state index is -0.753. The van der Waals surface area contributed by atoms with Crippen LogP contribution in [0.1, 0.15) is 27.9 Å². The maximum atomic E-state index is 12.2. The van der Waals surface area contributed by atoms with Gasteiger partial charge in [0.05, 0.1) is 0 Å². The van der Waals surface area contributed by atoms with Gasteiger partial charge in [0.25, 0.3) is 5.91 Å². The topological polar surface area (TPSA) is 86.6 Å². The van der Waals surface area contributed by atoms with Crippen LogP contribution in [0.25, 0.3) is 0 Å². The molecule has 0 fully saturated rings. The lowest BCUT2D eigenvalue weighted by Gasteiger charge is -2.06. The van der Waals surface area contributed by atoms with E-state index in [1.807, 2.05) is 30.3 Å². The highest BCUT2D eigenvalue weighted by Gasteiger charge is 2.12. The molecule has 2 aromatic rings. The summed E-state index contributed by atoms with van der Waals surface area (Å²) in [6, 6.07) is 12.2. The molecule has 3 N–H and O–H groups in total. The molecule has 2 aromatic carbocycles. The zero-order valence-corrected chi connectivity index (χ0v) is 12.9. The summed E-state index contributed by atoms with van der Waals surface area (Å²) in [7, 11) is 0. The van der Waals surface area contributed by atoms with Crippen molar-refractivity contribution in [2.75, 3.05) is 6.54 Å². The van der Waals surface area contributed by atoms with Gasteiger partial charge in [-0.1, -0.05) is 30.3 Å². The van der Waals surface area contributed by atoms with Crippen LogP contribution >= 0.6 is 0 Å². The van der Waals surface area contributed by atoms with Crippen LogP contribution in [0.5, 0.6) is 11.5 Å². The normalized spacial score (nSPS) is 10.3. The minimum absolute atomic E-state index is 0.166. The Morgan fingerprint density at radius 2 is 1.83 bits per heavy atom. The molecule has 0 aliphatic rings. The fraction of sp³-hybridized carbons (Fsp3) is 0.222. The van der Waals surface area contributed by atoms with Crippen molar-refractivity contribution in [2.24, 2.45) is 0 Å². The van der Waals surface area contributed by atoms with E-state index in [0.29, 0.717) is 12.1 Å². The molecule has 1 amide bonds. The number of amides is 1. The summed E-state index contributed by atoms with van der Waals surface area (Å²) in [6.45, 7) is 2.06. The Labute approximate surface area is 134 Å². The third-order valence-electron chi connectivity index (χ3n) is 3.54. The summed E-state index contributed by atoms with van der Waals surface area (Å²) < 4.78 is 0. The average molecular weight is 313 g/mol. The largest absolute Gasteiger partial charge is 0.504 e. The molecule has 5 heteroatoms. The summed E-state index contributed by atoms with van der Waals surface area (Å²) >= 11 is 0. The number of nitrogens with one attached hydrogen (secondary N) is 1. The van der Waals surface area contributed by atoms with Crippen molar-refractivity contribution in [1.29, 1.82) is 0 Å². The van der Waals surface area contributed by atoms with Gasteiger partial charge in [0.2, 0.25) is 11.2 Å². The Bertz CT molecular complexity index is 757. The average Bonchev–Trinajstić information content (AvgIpc) is 2.64. The highest BCUT2D eigenvalue weighted by atomic mass is 16.3. The van der Waals surface area contributed by atoms with E-state index in [1.165, 1.54) is 5.56 Å². The molecular weight excluding hydrogens is 294 g/mol. The van der Waals surface area contributed by atoms with E-state index in [1.54, 1.807) is 6.92 Å². The highest BCUT2D eigenvalue weighted by Crippen LogP contribution is 2.21. The molecule has 0 radical (unpaired) electrons. The van der Waals surface area contributed by atoms with Gasteiger partial charge in [-0.25, -0.2) is 0 Å². The smallest absolute Gasteiger partial charge is 0.251 e. The predicted molar refractivity (Wildman–Crippen MR) is 87.9 cm³/mol. The quantitative estimate of drug-likeness (QED) is 0.738. The summed E-state index contributed by atoms with van der Waals surface area (Å²) in [5.41, 5.74) is 1.04. The summed E-state index contributed by atoms with van der Waals surface area (Å²) in [6.07, 6.45) is 1.62. The van der Waals surface area contributed by atoms with Crippen LogP contribution in [0.3, 0.4) is 0 Å². The predicted octanol–water partition coefficient (Wildman–Crippen LogP) is 2.13. The lowest BCUT2D eigenvalue weighted by atomic mass is 10.1. The number of benzene rings is 1. The monoisotopic (exact) mass is 313 g/mol. The Morgan fingerprint density at radius 3 is 2.52 bits per heavy atom. The van der Waals surface area contributed by atoms with Gasteiger partial charge in [-0.3, -0.25) is 9.59 Å². The summed E-state index contributed by atoms with van der Waals surface area (Å²) in [5, 5.41) is 21.8. The zero-order valence-electron chi connectivity index (χ0n) is 12.9. The SMILES string of the molecule is Cc1cc(=O)c(O)c(O)cc1C(=O)NCCCc1ccccc1. The van der Waals surface area contributed by atoms with Crippen molar-refractivity contribution >= 4 is 5.91 Å². The molecular formula is C18H19NO4. The van der Waals surface area contributed by atoms with E-state index in [-0.39, 0.29) is 11.5 Å². The second kappa shape index (κ2) is 7.45. The molecule has 120 valence electrons. The van der Waals surface area contributed by atoms with Crippen molar-refractivity contribution < 1.29 is 15.0 Å². The molecule has 2 rings (SSSR count). The molecule has 23 heavy (non-hydrogen) atoms.